The van der Waals surface area contributed by atoms with Crippen molar-refractivity contribution in [1.82, 2.24) is 40.4 Å². The number of aromatic amines is 1. The quantitative estimate of drug-likeness (QED) is 0.391. The first-order valence-corrected chi connectivity index (χ1v) is 14.4. The molecule has 0 radical (unpaired) electrons. The average molecular weight is 582 g/mol. The molecule has 1 aliphatic heterocycles. The van der Waals surface area contributed by atoms with Gasteiger partial charge < -0.3 is 24.3 Å². The molecule has 0 aromatic carbocycles. The first-order chi connectivity index (χ1) is 19.7. The van der Waals surface area contributed by atoms with E-state index in [0.717, 1.165) is 0 Å². The summed E-state index contributed by atoms with van der Waals surface area (Å²) in [6.07, 6.45) is 3.30. The Morgan fingerprint density at radius 3 is 2.57 bits per heavy atom. The third-order valence-electron chi connectivity index (χ3n) is 6.77. The summed E-state index contributed by atoms with van der Waals surface area (Å²) < 4.78 is 11.2. The fourth-order valence-electron chi connectivity index (χ4n) is 4.87. The van der Waals surface area contributed by atoms with Crippen molar-refractivity contribution in [3.05, 3.63) is 47.6 Å². The molecule has 0 unspecified atom stereocenters. The number of nitrogens with one attached hydrogen (secondary N) is 2. The van der Waals surface area contributed by atoms with Crippen LogP contribution in [0.15, 0.2) is 29.0 Å². The van der Waals surface area contributed by atoms with E-state index in [1.165, 1.54) is 0 Å². The predicted octanol–water partition coefficient (Wildman–Crippen LogP) is 4.38. The van der Waals surface area contributed by atoms with Crippen molar-refractivity contribution in [2.75, 3.05) is 25.0 Å². The summed E-state index contributed by atoms with van der Waals surface area (Å²) in [6.45, 7) is 17.1. The summed E-state index contributed by atoms with van der Waals surface area (Å²) in [5.41, 5.74) is -0.643. The Bertz CT molecular complexity index is 1330. The van der Waals surface area contributed by atoms with Gasteiger partial charge in [0.15, 0.2) is 5.82 Å². The van der Waals surface area contributed by atoms with Gasteiger partial charge in [0.1, 0.15) is 28.6 Å². The molecule has 4 rings (SSSR count). The van der Waals surface area contributed by atoms with Crippen LogP contribution in [0.25, 0.3) is 0 Å². The number of H-pyrrole nitrogens is 1. The van der Waals surface area contributed by atoms with Gasteiger partial charge >= 0.3 is 6.09 Å². The lowest BCUT2D eigenvalue weighted by Gasteiger charge is -2.42. The van der Waals surface area contributed by atoms with Gasteiger partial charge in [-0.3, -0.25) is 4.79 Å². The lowest BCUT2D eigenvalue weighted by Crippen LogP contribution is -2.55. The van der Waals surface area contributed by atoms with Gasteiger partial charge in [-0.2, -0.15) is 5.21 Å². The smallest absolute Gasteiger partial charge is 0.410 e. The number of rotatable bonds is 8. The van der Waals surface area contributed by atoms with Gasteiger partial charge in [-0.05, 0) is 45.2 Å². The molecule has 42 heavy (non-hydrogen) atoms. The molecule has 0 aliphatic carbocycles. The minimum Gasteiger partial charge on any atom is -0.467 e. The highest BCUT2D eigenvalue weighted by molar-refractivity contribution is 5.98. The number of piperidine rings is 1. The first-order valence-electron chi connectivity index (χ1n) is 14.4. The van der Waals surface area contributed by atoms with E-state index in [1.54, 1.807) is 17.4 Å². The van der Waals surface area contributed by atoms with Gasteiger partial charge in [0.25, 0.3) is 5.91 Å². The molecule has 3 aromatic heterocycles. The number of tetrazole rings is 1. The fourth-order valence-corrected chi connectivity index (χ4v) is 4.87. The van der Waals surface area contributed by atoms with Crippen LogP contribution in [0.1, 0.15) is 95.5 Å². The van der Waals surface area contributed by atoms with E-state index in [2.05, 4.69) is 44.8 Å². The molecule has 0 bridgehead atoms. The highest BCUT2D eigenvalue weighted by Gasteiger charge is 2.40. The van der Waals surface area contributed by atoms with Gasteiger partial charge in [0.2, 0.25) is 0 Å². The molecule has 228 valence electrons. The van der Waals surface area contributed by atoms with Crippen LogP contribution in [0, 0.1) is 5.92 Å². The average Bonchev–Trinajstić information content (AvgIpc) is 3.63. The maximum absolute atomic E-state index is 14.4. The van der Waals surface area contributed by atoms with Crippen molar-refractivity contribution in [2.24, 2.45) is 5.92 Å². The van der Waals surface area contributed by atoms with Crippen molar-refractivity contribution in [3.8, 4) is 0 Å². The Balaban J connectivity index is 1.69. The molecule has 1 saturated heterocycles. The van der Waals surface area contributed by atoms with Crippen LogP contribution >= 0.6 is 0 Å². The Morgan fingerprint density at radius 1 is 1.21 bits per heavy atom. The highest BCUT2D eigenvalue weighted by atomic mass is 16.6. The highest BCUT2D eigenvalue weighted by Crippen LogP contribution is 2.31. The van der Waals surface area contributed by atoms with Crippen LogP contribution in [0.2, 0.25) is 0 Å². The number of furan rings is 1. The zero-order chi connectivity index (χ0) is 30.7. The van der Waals surface area contributed by atoms with Crippen molar-refractivity contribution < 1.29 is 18.7 Å². The van der Waals surface area contributed by atoms with Crippen molar-refractivity contribution in [1.29, 1.82) is 0 Å². The summed E-state index contributed by atoms with van der Waals surface area (Å²) in [5.74, 6) is 1.93. The Labute approximate surface area is 246 Å². The molecule has 1 fully saturated rings. The number of likely N-dealkylation sites (tertiary alicyclic amines) is 1. The van der Waals surface area contributed by atoms with Gasteiger partial charge in [-0.15, -0.1) is 10.2 Å². The maximum Gasteiger partial charge on any atom is 0.410 e. The Morgan fingerprint density at radius 2 is 1.98 bits per heavy atom. The van der Waals surface area contributed by atoms with Crippen molar-refractivity contribution in [2.45, 2.75) is 91.3 Å². The normalized spacial score (nSPS) is 17.8. The van der Waals surface area contributed by atoms with Crippen molar-refractivity contribution >= 4 is 17.8 Å². The molecule has 0 spiro atoms. The van der Waals surface area contributed by atoms with E-state index in [1.807, 2.05) is 58.6 Å². The third kappa shape index (κ3) is 7.83. The second-order valence-corrected chi connectivity index (χ2v) is 13.2. The number of carbonyl (C=O) groups is 2. The van der Waals surface area contributed by atoms with Crippen LogP contribution in [-0.4, -0.2) is 83.7 Å². The van der Waals surface area contributed by atoms with Crippen molar-refractivity contribution in [3.63, 3.8) is 0 Å². The topological polar surface area (TPSA) is 155 Å². The molecule has 13 heteroatoms. The Kier molecular flexibility index (Phi) is 9.17. The van der Waals surface area contributed by atoms with Crippen LogP contribution in [0.5, 0.6) is 0 Å². The van der Waals surface area contributed by atoms with E-state index in [0.29, 0.717) is 61.4 Å². The SMILES string of the molecule is CC(C)CN(C(=O)c1cnc(C(C)(C)C)nc1NCc1ccco1)[C@H]1C[C@@H](c2nn[nH]n2)CN(C(=O)OC(C)(C)C)C1. The van der Waals surface area contributed by atoms with Crippen LogP contribution < -0.4 is 5.32 Å². The zero-order valence-electron chi connectivity index (χ0n) is 25.8. The lowest BCUT2D eigenvalue weighted by atomic mass is 9.91. The van der Waals surface area contributed by atoms with E-state index in [4.69, 9.17) is 14.1 Å². The number of hydrogen-bond acceptors (Lipinski definition) is 10. The zero-order valence-corrected chi connectivity index (χ0v) is 25.8. The Hall–Kier alpha value is -4.03. The molecule has 3 aromatic rings. The number of anilines is 1. The molecule has 13 nitrogen and oxygen atoms in total. The summed E-state index contributed by atoms with van der Waals surface area (Å²) in [6, 6.07) is 3.33. The monoisotopic (exact) mass is 581 g/mol. The van der Waals surface area contributed by atoms with E-state index >= 15 is 0 Å². The molecule has 2 N–H and O–H groups in total. The van der Waals surface area contributed by atoms with Crippen LogP contribution in [0.3, 0.4) is 0 Å². The summed E-state index contributed by atoms with van der Waals surface area (Å²) in [7, 11) is 0. The van der Waals surface area contributed by atoms with Crippen LogP contribution in [0.4, 0.5) is 10.6 Å². The molecular weight excluding hydrogens is 538 g/mol. The predicted molar refractivity (Wildman–Crippen MR) is 156 cm³/mol. The minimum absolute atomic E-state index is 0.156. The minimum atomic E-state index is -0.667. The first kappa shape index (κ1) is 30.9. The maximum atomic E-state index is 14.4. The summed E-state index contributed by atoms with van der Waals surface area (Å²) in [4.78, 5) is 40.5. The molecule has 0 saturated carbocycles. The number of hydrogen-bond donors (Lipinski definition) is 2. The fraction of sp³-hybridized carbons (Fsp3) is 0.621. The van der Waals surface area contributed by atoms with E-state index in [9.17, 15) is 9.59 Å². The largest absolute Gasteiger partial charge is 0.467 e. The molecular formula is C29H43N9O4. The summed E-state index contributed by atoms with van der Waals surface area (Å²) >= 11 is 0. The molecule has 1 aliphatic rings. The van der Waals surface area contributed by atoms with Gasteiger partial charge in [-0.25, -0.2) is 14.8 Å². The molecule has 2 amide bonds. The third-order valence-corrected chi connectivity index (χ3v) is 6.77. The number of amides is 2. The number of aromatic nitrogens is 6. The number of carbonyl (C=O) groups excluding carboxylic acids is 2. The number of ether oxygens (including phenoxy) is 1. The second-order valence-electron chi connectivity index (χ2n) is 13.2. The van der Waals surface area contributed by atoms with E-state index < -0.39 is 11.7 Å². The van der Waals surface area contributed by atoms with Gasteiger partial charge in [0.05, 0.1) is 18.8 Å². The van der Waals surface area contributed by atoms with Gasteiger partial charge in [0, 0.05) is 37.2 Å². The van der Waals surface area contributed by atoms with E-state index in [-0.39, 0.29) is 29.2 Å². The van der Waals surface area contributed by atoms with Gasteiger partial charge in [-0.1, -0.05) is 39.8 Å². The lowest BCUT2D eigenvalue weighted by molar-refractivity contribution is 0.00605. The van der Waals surface area contributed by atoms with Crippen LogP contribution in [-0.2, 0) is 16.7 Å². The summed E-state index contributed by atoms with van der Waals surface area (Å²) in [5, 5.41) is 17.9. The molecule has 2 atom stereocenters. The number of nitrogens with zero attached hydrogens (tertiary/aromatic N) is 7. The molecule has 4 heterocycles. The standard InChI is InChI=1S/C29H43N9O4/c1-18(2)15-38(20-12-19(23-33-35-36-34-23)16-37(17-20)27(40)42-29(6,7)8)25(39)22-14-31-26(28(3,4)5)32-24(22)30-13-21-10-9-11-41-21/h9-11,14,18-20H,12-13,15-17H2,1-8H3,(H,30,31,32)(H,33,34,35,36)/t19-,20+/m1/s1. The second kappa shape index (κ2) is 12.5.